The van der Waals surface area contributed by atoms with Gasteiger partial charge in [-0.25, -0.2) is 8.78 Å². The van der Waals surface area contributed by atoms with Gasteiger partial charge >= 0.3 is 23.9 Å². The van der Waals surface area contributed by atoms with Crippen LogP contribution in [-0.2, 0) is 42.9 Å². The number of benzene rings is 1. The summed E-state index contributed by atoms with van der Waals surface area (Å²) in [5, 5.41) is 0. The Kier molecular flexibility index (Phi) is 9.95. The van der Waals surface area contributed by atoms with Crippen molar-refractivity contribution in [2.45, 2.75) is 77.3 Å². The topological polar surface area (TPSA) is 127 Å². The second-order valence-corrected chi connectivity index (χ2v) is 9.32. The summed E-state index contributed by atoms with van der Waals surface area (Å²) in [5.41, 5.74) is -0.816. The first-order chi connectivity index (χ1) is 18.7. The molecule has 2 saturated heterocycles. The maximum atomic E-state index is 15.2. The lowest BCUT2D eigenvalue weighted by molar-refractivity contribution is -0.289. The molecule has 0 aliphatic carbocycles. The molecule has 6 atom stereocenters. The molecule has 2 fully saturated rings. The van der Waals surface area contributed by atoms with E-state index in [-0.39, 0.29) is 6.42 Å². The number of nitrogens with zero attached hydrogens (tertiary/aromatic N) is 1. The van der Waals surface area contributed by atoms with Gasteiger partial charge in [-0.15, -0.1) is 0 Å². The molecule has 11 nitrogen and oxygen atoms in total. The van der Waals surface area contributed by atoms with Crippen LogP contribution in [0.4, 0.5) is 17.6 Å². The molecule has 0 bridgehead atoms. The number of hydrogen-bond acceptors (Lipinski definition) is 11. The first kappa shape index (κ1) is 31.1. The van der Waals surface area contributed by atoms with Gasteiger partial charge in [0.05, 0.1) is 0 Å². The van der Waals surface area contributed by atoms with Crippen LogP contribution in [0.1, 0.15) is 52.1 Å². The van der Waals surface area contributed by atoms with E-state index in [4.69, 9.17) is 28.4 Å². The lowest BCUT2D eigenvalue weighted by Gasteiger charge is -2.43. The zero-order valence-electron chi connectivity index (χ0n) is 22.3. The summed E-state index contributed by atoms with van der Waals surface area (Å²) >= 11 is 0. The third kappa shape index (κ3) is 6.81. The second-order valence-electron chi connectivity index (χ2n) is 9.32. The van der Waals surface area contributed by atoms with Gasteiger partial charge in [-0.3, -0.25) is 24.1 Å². The second kappa shape index (κ2) is 12.8. The highest BCUT2D eigenvalue weighted by Crippen LogP contribution is 2.40. The highest BCUT2D eigenvalue weighted by Gasteiger charge is 2.54. The Bertz CT molecular complexity index is 1140. The van der Waals surface area contributed by atoms with Crippen molar-refractivity contribution in [3.05, 3.63) is 28.8 Å². The average molecular weight is 579 g/mol. The van der Waals surface area contributed by atoms with Crippen LogP contribution in [0.25, 0.3) is 0 Å². The van der Waals surface area contributed by atoms with Crippen LogP contribution in [0.5, 0.6) is 5.75 Å². The van der Waals surface area contributed by atoms with Crippen molar-refractivity contribution in [3.8, 4) is 5.75 Å². The van der Waals surface area contributed by atoms with Gasteiger partial charge in [0.15, 0.2) is 29.6 Å². The first-order valence-corrected chi connectivity index (χ1v) is 12.3. The van der Waals surface area contributed by atoms with Crippen molar-refractivity contribution < 1.29 is 65.2 Å². The molecule has 222 valence electrons. The minimum atomic E-state index is -2.09. The van der Waals surface area contributed by atoms with Crippen LogP contribution in [0.2, 0.25) is 0 Å². The van der Waals surface area contributed by atoms with E-state index in [1.807, 2.05) is 0 Å². The van der Waals surface area contributed by atoms with Crippen molar-refractivity contribution in [1.82, 2.24) is 4.90 Å². The predicted molar refractivity (Wildman–Crippen MR) is 123 cm³/mol. The van der Waals surface area contributed by atoms with Crippen molar-refractivity contribution in [2.75, 3.05) is 20.2 Å². The van der Waals surface area contributed by atoms with Gasteiger partial charge < -0.3 is 28.4 Å². The number of carbonyl (C=O) groups is 4. The molecule has 3 rings (SSSR count). The molecule has 15 heteroatoms. The van der Waals surface area contributed by atoms with Gasteiger partial charge in [-0.05, 0) is 26.4 Å². The van der Waals surface area contributed by atoms with Gasteiger partial charge in [0.2, 0.25) is 24.0 Å². The monoisotopic (exact) mass is 579 g/mol. The van der Waals surface area contributed by atoms with Crippen LogP contribution in [0.15, 0.2) is 0 Å². The van der Waals surface area contributed by atoms with E-state index in [2.05, 4.69) is 0 Å². The third-order valence-electron chi connectivity index (χ3n) is 6.29. The number of hydrogen-bond donors (Lipinski definition) is 0. The lowest BCUT2D eigenvalue weighted by Crippen LogP contribution is -2.63. The number of carbonyl (C=O) groups excluding carboxylic acids is 4. The maximum Gasteiger partial charge on any atom is 0.303 e. The van der Waals surface area contributed by atoms with Crippen molar-refractivity contribution in [3.63, 3.8) is 0 Å². The van der Waals surface area contributed by atoms with E-state index in [9.17, 15) is 19.2 Å². The fraction of sp³-hybridized carbons (Fsp3) is 0.600. The third-order valence-corrected chi connectivity index (χ3v) is 6.29. The van der Waals surface area contributed by atoms with Gasteiger partial charge in [0, 0.05) is 39.3 Å². The van der Waals surface area contributed by atoms with Gasteiger partial charge in [-0.1, -0.05) is 0 Å². The zero-order chi connectivity index (χ0) is 29.9. The number of ether oxygens (including phenoxy) is 6. The minimum absolute atomic E-state index is 0.253. The van der Waals surface area contributed by atoms with E-state index in [0.717, 1.165) is 27.7 Å². The predicted octanol–water partition coefficient (Wildman–Crippen LogP) is 2.47. The number of rotatable bonds is 8. The Morgan fingerprint density at radius 1 is 0.800 bits per heavy atom. The molecule has 2 aliphatic heterocycles. The molecule has 2 heterocycles. The molecule has 0 aromatic heterocycles. The van der Waals surface area contributed by atoms with Crippen molar-refractivity contribution in [2.24, 2.45) is 0 Å². The van der Waals surface area contributed by atoms with E-state index in [0.29, 0.717) is 13.0 Å². The standard InChI is InChI=1S/C25H29F4NO10/c1-10(31)35-9-15-21(36-11(2)32)23(37-12(3)33)24(38-13(4)34)25(39-15)40-22-19(28)17(26)16(18(27)20(22)29)14-7-6-8-30(14)5/h14-15,21,23-25H,6-9H2,1-5H3/t14?,15-,21-,23+,24-,25+/m1/s1. The number of halogens is 4. The van der Waals surface area contributed by atoms with Crippen LogP contribution in [0.3, 0.4) is 0 Å². The van der Waals surface area contributed by atoms with Crippen LogP contribution < -0.4 is 4.74 Å². The Morgan fingerprint density at radius 3 is 1.80 bits per heavy atom. The smallest absolute Gasteiger partial charge is 0.303 e. The quantitative estimate of drug-likeness (QED) is 0.195. The van der Waals surface area contributed by atoms with Gasteiger partial charge in [0.1, 0.15) is 12.7 Å². The zero-order valence-corrected chi connectivity index (χ0v) is 22.3. The Morgan fingerprint density at radius 2 is 1.32 bits per heavy atom. The van der Waals surface area contributed by atoms with Crippen LogP contribution in [0, 0.1) is 23.3 Å². The molecule has 1 unspecified atom stereocenters. The Labute approximate surface area is 226 Å². The molecule has 2 aliphatic rings. The van der Waals surface area contributed by atoms with Crippen molar-refractivity contribution in [1.29, 1.82) is 0 Å². The Balaban J connectivity index is 2.09. The van der Waals surface area contributed by atoms with E-state index in [1.165, 1.54) is 0 Å². The van der Waals surface area contributed by atoms with Crippen LogP contribution >= 0.6 is 0 Å². The molecule has 40 heavy (non-hydrogen) atoms. The largest absolute Gasteiger partial charge is 0.463 e. The molecule has 1 aromatic rings. The summed E-state index contributed by atoms with van der Waals surface area (Å²) in [6, 6.07) is -0.927. The average Bonchev–Trinajstić information content (AvgIpc) is 3.27. The summed E-state index contributed by atoms with van der Waals surface area (Å²) in [7, 11) is 1.55. The van der Waals surface area contributed by atoms with Gasteiger partial charge in [-0.2, -0.15) is 8.78 Å². The molecule has 0 N–H and O–H groups in total. The lowest BCUT2D eigenvalue weighted by atomic mass is 9.98. The SMILES string of the molecule is CC(=O)OC[C@H]1O[C@@H](Oc2c(F)c(F)c(C3CCCN3C)c(F)c2F)[C@H](OC(C)=O)[C@@H](OC(C)=O)[C@@H]1OC(C)=O. The molecule has 0 radical (unpaired) electrons. The number of esters is 4. The van der Waals surface area contributed by atoms with E-state index >= 15 is 17.6 Å². The summed E-state index contributed by atoms with van der Waals surface area (Å²) in [6.45, 7) is 3.74. The summed E-state index contributed by atoms with van der Waals surface area (Å²) in [6.07, 6.45) is -7.98. The fourth-order valence-electron chi connectivity index (χ4n) is 4.70. The van der Waals surface area contributed by atoms with Crippen molar-refractivity contribution >= 4 is 23.9 Å². The molecule has 0 spiro atoms. The fourth-order valence-corrected chi connectivity index (χ4v) is 4.70. The summed E-state index contributed by atoms with van der Waals surface area (Å²) < 4.78 is 91.9. The summed E-state index contributed by atoms with van der Waals surface area (Å²) in [5.74, 6) is -12.4. The number of likely N-dealkylation sites (tertiary alicyclic amines) is 1. The molecule has 0 saturated carbocycles. The summed E-state index contributed by atoms with van der Waals surface area (Å²) in [4.78, 5) is 48.6. The molecule has 1 aromatic carbocycles. The van der Waals surface area contributed by atoms with Crippen LogP contribution in [-0.4, -0.2) is 79.7 Å². The molecular formula is C25H29F4NO10. The highest BCUT2D eigenvalue weighted by atomic mass is 19.2. The minimum Gasteiger partial charge on any atom is -0.463 e. The molecular weight excluding hydrogens is 550 g/mol. The van der Waals surface area contributed by atoms with Gasteiger partial charge in [0.25, 0.3) is 0 Å². The molecule has 0 amide bonds. The highest BCUT2D eigenvalue weighted by molar-refractivity contribution is 5.68. The van der Waals surface area contributed by atoms with E-state index in [1.54, 1.807) is 11.9 Å². The van der Waals surface area contributed by atoms with E-state index < -0.39 is 102 Å². The first-order valence-electron chi connectivity index (χ1n) is 12.3. The Hall–Kier alpha value is -3.46. The normalized spacial score (nSPS) is 26.6. The maximum absolute atomic E-state index is 15.2.